The van der Waals surface area contributed by atoms with Gasteiger partial charge in [-0.25, -0.2) is 0 Å². The van der Waals surface area contributed by atoms with E-state index in [1.54, 1.807) is 4.90 Å². The molecule has 2 aromatic rings. The second-order valence-electron chi connectivity index (χ2n) is 6.14. The van der Waals surface area contributed by atoms with Crippen LogP contribution in [0.15, 0.2) is 28.9 Å². The molecule has 1 aromatic carbocycles. The first kappa shape index (κ1) is 12.3. The van der Waals surface area contributed by atoms with E-state index >= 15 is 0 Å². The number of amides is 1. The minimum absolute atomic E-state index is 0.236. The molecule has 20 heavy (non-hydrogen) atoms. The molecule has 1 spiro atoms. The van der Waals surface area contributed by atoms with Gasteiger partial charge >= 0.3 is 0 Å². The number of hydrogen-bond acceptors (Lipinski definition) is 2. The lowest BCUT2D eigenvalue weighted by Crippen LogP contribution is -2.48. The molecule has 1 fully saturated rings. The monoisotopic (exact) mass is 330 g/mol. The number of anilines is 1. The van der Waals surface area contributed by atoms with E-state index in [1.807, 2.05) is 25.4 Å². The fraction of sp³-hybridized carbons (Fsp3) is 0.375. The maximum Gasteiger partial charge on any atom is 0.237 e. The van der Waals surface area contributed by atoms with Crippen molar-refractivity contribution < 1.29 is 4.79 Å². The molecule has 0 atom stereocenters. The summed E-state index contributed by atoms with van der Waals surface area (Å²) in [7, 11) is 1.87. The summed E-state index contributed by atoms with van der Waals surface area (Å²) in [5, 5.41) is 1.11. The SMILES string of the molecule is CC1CC2(C1)C(=O)N(C)c1cnc3ccc(Br)cc3c12. The van der Waals surface area contributed by atoms with Gasteiger partial charge in [0.2, 0.25) is 5.91 Å². The fourth-order valence-electron chi connectivity index (χ4n) is 3.96. The van der Waals surface area contributed by atoms with Crippen LogP contribution in [0.25, 0.3) is 10.9 Å². The first-order valence-corrected chi connectivity index (χ1v) is 7.69. The lowest BCUT2D eigenvalue weighted by molar-refractivity contribution is -0.127. The Bertz CT molecular complexity index is 749. The van der Waals surface area contributed by atoms with E-state index in [2.05, 4.69) is 33.9 Å². The maximum atomic E-state index is 12.7. The third-order valence-electron chi connectivity index (χ3n) is 4.76. The zero-order valence-corrected chi connectivity index (χ0v) is 13.1. The first-order chi connectivity index (χ1) is 9.53. The van der Waals surface area contributed by atoms with Gasteiger partial charge in [0.1, 0.15) is 0 Å². The maximum absolute atomic E-state index is 12.7. The predicted molar refractivity (Wildman–Crippen MR) is 82.9 cm³/mol. The second kappa shape index (κ2) is 3.82. The van der Waals surface area contributed by atoms with Gasteiger partial charge in [0.15, 0.2) is 0 Å². The van der Waals surface area contributed by atoms with Gasteiger partial charge in [-0.1, -0.05) is 22.9 Å². The lowest BCUT2D eigenvalue weighted by Gasteiger charge is -2.42. The molecular weight excluding hydrogens is 316 g/mol. The number of likely N-dealkylation sites (N-methyl/N-ethyl adjacent to an activating group) is 1. The third-order valence-corrected chi connectivity index (χ3v) is 5.25. The van der Waals surface area contributed by atoms with Crippen LogP contribution in [0.3, 0.4) is 0 Å². The number of pyridine rings is 1. The number of nitrogens with zero attached hydrogens (tertiary/aromatic N) is 2. The highest BCUT2D eigenvalue weighted by Gasteiger charge is 2.57. The Morgan fingerprint density at radius 1 is 1.40 bits per heavy atom. The van der Waals surface area contributed by atoms with Gasteiger partial charge < -0.3 is 4.90 Å². The fourth-order valence-corrected chi connectivity index (χ4v) is 4.32. The number of carbonyl (C=O) groups is 1. The van der Waals surface area contributed by atoms with Crippen LogP contribution in [0.1, 0.15) is 25.3 Å². The van der Waals surface area contributed by atoms with Crippen molar-refractivity contribution in [2.75, 3.05) is 11.9 Å². The van der Waals surface area contributed by atoms with Gasteiger partial charge in [-0.05, 0) is 37.0 Å². The summed E-state index contributed by atoms with van der Waals surface area (Å²) >= 11 is 3.53. The van der Waals surface area contributed by atoms with Gasteiger partial charge in [0, 0.05) is 22.5 Å². The Morgan fingerprint density at radius 3 is 2.85 bits per heavy atom. The molecule has 0 saturated heterocycles. The number of benzene rings is 1. The normalized spacial score (nSPS) is 28.1. The van der Waals surface area contributed by atoms with E-state index in [0.29, 0.717) is 5.92 Å². The Labute approximate surface area is 126 Å². The molecule has 1 aliphatic heterocycles. The molecule has 0 unspecified atom stereocenters. The van der Waals surface area contributed by atoms with Gasteiger partial charge in [-0.3, -0.25) is 9.78 Å². The van der Waals surface area contributed by atoms with Crippen molar-refractivity contribution in [2.45, 2.75) is 25.2 Å². The third kappa shape index (κ3) is 1.35. The van der Waals surface area contributed by atoms with Crippen molar-refractivity contribution in [1.82, 2.24) is 4.98 Å². The number of fused-ring (bicyclic) bond motifs is 4. The molecule has 1 aliphatic carbocycles. The zero-order chi connectivity index (χ0) is 14.1. The number of hydrogen-bond donors (Lipinski definition) is 0. The number of carbonyl (C=O) groups excluding carboxylic acids is 1. The first-order valence-electron chi connectivity index (χ1n) is 6.90. The minimum atomic E-state index is -0.300. The summed E-state index contributed by atoms with van der Waals surface area (Å²) in [6.07, 6.45) is 3.75. The van der Waals surface area contributed by atoms with Crippen molar-refractivity contribution in [2.24, 2.45) is 5.92 Å². The van der Waals surface area contributed by atoms with Crippen LogP contribution in [0, 0.1) is 5.92 Å². The molecule has 0 bridgehead atoms. The topological polar surface area (TPSA) is 33.2 Å². The van der Waals surface area contributed by atoms with Crippen LogP contribution in [-0.2, 0) is 10.2 Å². The molecule has 4 heteroatoms. The van der Waals surface area contributed by atoms with E-state index < -0.39 is 0 Å². The van der Waals surface area contributed by atoms with Crippen molar-refractivity contribution in [3.63, 3.8) is 0 Å². The summed E-state index contributed by atoms with van der Waals surface area (Å²) in [6.45, 7) is 2.22. The zero-order valence-electron chi connectivity index (χ0n) is 11.5. The smallest absolute Gasteiger partial charge is 0.237 e. The van der Waals surface area contributed by atoms with E-state index in [9.17, 15) is 4.79 Å². The van der Waals surface area contributed by atoms with Gasteiger partial charge in [0.25, 0.3) is 0 Å². The molecule has 102 valence electrons. The van der Waals surface area contributed by atoms with E-state index in [1.165, 1.54) is 5.56 Å². The standard InChI is InChI=1S/C16H15BrN2O/c1-9-6-16(7-9)14-11-5-10(17)3-4-12(11)18-8-13(14)19(2)15(16)20/h3-5,8-9H,6-7H2,1-2H3. The predicted octanol–water partition coefficient (Wildman–Crippen LogP) is 3.64. The van der Waals surface area contributed by atoms with E-state index in [0.717, 1.165) is 33.9 Å². The Morgan fingerprint density at radius 2 is 2.15 bits per heavy atom. The Kier molecular flexibility index (Phi) is 2.35. The lowest BCUT2D eigenvalue weighted by atomic mass is 9.59. The summed E-state index contributed by atoms with van der Waals surface area (Å²) in [4.78, 5) is 19.0. The Hall–Kier alpha value is -1.42. The number of aromatic nitrogens is 1. The van der Waals surface area contributed by atoms with Gasteiger partial charge in [0.05, 0.1) is 22.8 Å². The van der Waals surface area contributed by atoms with Crippen LogP contribution >= 0.6 is 15.9 Å². The van der Waals surface area contributed by atoms with Crippen molar-refractivity contribution >= 4 is 38.4 Å². The molecule has 2 heterocycles. The molecule has 1 amide bonds. The van der Waals surface area contributed by atoms with Gasteiger partial charge in [-0.15, -0.1) is 0 Å². The second-order valence-corrected chi connectivity index (χ2v) is 7.06. The highest BCUT2D eigenvalue weighted by Crippen LogP contribution is 2.57. The van der Waals surface area contributed by atoms with E-state index in [-0.39, 0.29) is 11.3 Å². The summed E-state index contributed by atoms with van der Waals surface area (Å²) in [6, 6.07) is 6.11. The number of rotatable bonds is 0. The van der Waals surface area contributed by atoms with Crippen LogP contribution in [0.5, 0.6) is 0 Å². The molecular formula is C16H15BrN2O. The van der Waals surface area contributed by atoms with Gasteiger partial charge in [-0.2, -0.15) is 0 Å². The van der Waals surface area contributed by atoms with Crippen molar-refractivity contribution in [3.8, 4) is 0 Å². The summed E-state index contributed by atoms with van der Waals surface area (Å²) < 4.78 is 1.03. The molecule has 2 aliphatic rings. The van der Waals surface area contributed by atoms with Crippen molar-refractivity contribution in [1.29, 1.82) is 0 Å². The van der Waals surface area contributed by atoms with E-state index in [4.69, 9.17) is 0 Å². The summed E-state index contributed by atoms with van der Waals surface area (Å²) in [5.41, 5.74) is 2.83. The molecule has 0 N–H and O–H groups in total. The van der Waals surface area contributed by atoms with Crippen LogP contribution in [-0.4, -0.2) is 17.9 Å². The Balaban J connectivity index is 2.07. The molecule has 1 saturated carbocycles. The largest absolute Gasteiger partial charge is 0.313 e. The highest BCUT2D eigenvalue weighted by atomic mass is 79.9. The minimum Gasteiger partial charge on any atom is -0.313 e. The molecule has 1 aromatic heterocycles. The molecule has 3 nitrogen and oxygen atoms in total. The van der Waals surface area contributed by atoms with Crippen molar-refractivity contribution in [3.05, 3.63) is 34.4 Å². The quantitative estimate of drug-likeness (QED) is 0.738. The average molecular weight is 331 g/mol. The number of halogens is 1. The molecule has 4 rings (SSSR count). The summed E-state index contributed by atoms with van der Waals surface area (Å²) in [5.74, 6) is 0.855. The van der Waals surface area contributed by atoms with Crippen LogP contribution < -0.4 is 4.90 Å². The van der Waals surface area contributed by atoms with Crippen LogP contribution in [0.4, 0.5) is 5.69 Å². The van der Waals surface area contributed by atoms with Crippen LogP contribution in [0.2, 0.25) is 0 Å². The highest BCUT2D eigenvalue weighted by molar-refractivity contribution is 9.10. The molecule has 0 radical (unpaired) electrons. The average Bonchev–Trinajstić information content (AvgIpc) is 2.61.